The smallest absolute Gasteiger partial charge is 0.207 e. The summed E-state index contributed by atoms with van der Waals surface area (Å²) in [5.41, 5.74) is 3.09. The highest BCUT2D eigenvalue weighted by atomic mass is 15.3. The number of hydrogen-bond acceptors (Lipinski definition) is 3. The molecule has 0 atom stereocenters. The quantitative estimate of drug-likeness (QED) is 0.855. The highest BCUT2D eigenvalue weighted by molar-refractivity contribution is 5.56. The maximum absolute atomic E-state index is 4.40. The SMILES string of the molecule is CCc1nn(C)cc1Nc1nc(C)cn1C. The molecule has 1 N–H and O–H groups in total. The second kappa shape index (κ2) is 4.00. The van der Waals surface area contributed by atoms with Crippen LogP contribution in [0.15, 0.2) is 12.4 Å². The molecule has 2 aromatic heterocycles. The Labute approximate surface area is 95.1 Å². The van der Waals surface area contributed by atoms with Crippen molar-refractivity contribution in [1.29, 1.82) is 0 Å². The van der Waals surface area contributed by atoms with Crippen LogP contribution in [0.4, 0.5) is 11.6 Å². The summed E-state index contributed by atoms with van der Waals surface area (Å²) in [6, 6.07) is 0. The van der Waals surface area contributed by atoms with Crippen LogP contribution in [-0.2, 0) is 20.5 Å². The molecule has 0 spiro atoms. The summed E-state index contributed by atoms with van der Waals surface area (Å²) < 4.78 is 3.79. The maximum Gasteiger partial charge on any atom is 0.207 e. The van der Waals surface area contributed by atoms with E-state index < -0.39 is 0 Å². The maximum atomic E-state index is 4.40. The van der Waals surface area contributed by atoms with Crippen LogP contribution < -0.4 is 5.32 Å². The van der Waals surface area contributed by atoms with Crippen LogP contribution in [0.1, 0.15) is 18.3 Å². The molecule has 86 valence electrons. The van der Waals surface area contributed by atoms with Crippen molar-refractivity contribution in [3.05, 3.63) is 23.8 Å². The molecule has 0 saturated heterocycles. The number of rotatable bonds is 3. The van der Waals surface area contributed by atoms with Crippen molar-refractivity contribution in [3.8, 4) is 0 Å². The van der Waals surface area contributed by atoms with Gasteiger partial charge in [0.15, 0.2) is 0 Å². The van der Waals surface area contributed by atoms with Gasteiger partial charge in [0.25, 0.3) is 0 Å². The van der Waals surface area contributed by atoms with Gasteiger partial charge in [-0.05, 0) is 13.3 Å². The molecule has 0 bridgehead atoms. The van der Waals surface area contributed by atoms with Crippen molar-refractivity contribution in [2.45, 2.75) is 20.3 Å². The molecular formula is C11H17N5. The average Bonchev–Trinajstić information content (AvgIpc) is 2.71. The molecule has 0 aliphatic heterocycles. The van der Waals surface area contributed by atoms with Gasteiger partial charge in [-0.25, -0.2) is 4.98 Å². The van der Waals surface area contributed by atoms with Crippen molar-refractivity contribution >= 4 is 11.6 Å². The van der Waals surface area contributed by atoms with Crippen molar-refractivity contribution in [3.63, 3.8) is 0 Å². The minimum absolute atomic E-state index is 0.847. The summed E-state index contributed by atoms with van der Waals surface area (Å²) in [5, 5.41) is 7.68. The number of hydrogen-bond donors (Lipinski definition) is 1. The first-order chi connectivity index (χ1) is 7.60. The fourth-order valence-corrected chi connectivity index (χ4v) is 1.75. The summed E-state index contributed by atoms with van der Waals surface area (Å²) in [4.78, 5) is 4.40. The van der Waals surface area contributed by atoms with E-state index in [1.807, 2.05) is 42.7 Å². The molecule has 0 radical (unpaired) electrons. The largest absolute Gasteiger partial charge is 0.323 e. The topological polar surface area (TPSA) is 47.7 Å². The highest BCUT2D eigenvalue weighted by Crippen LogP contribution is 2.19. The van der Waals surface area contributed by atoms with E-state index in [9.17, 15) is 0 Å². The van der Waals surface area contributed by atoms with Crippen LogP contribution in [0.2, 0.25) is 0 Å². The summed E-state index contributed by atoms with van der Waals surface area (Å²) in [7, 11) is 3.90. The lowest BCUT2D eigenvalue weighted by molar-refractivity contribution is 0.746. The lowest BCUT2D eigenvalue weighted by Gasteiger charge is -2.04. The van der Waals surface area contributed by atoms with Gasteiger partial charge in [0.05, 0.1) is 17.1 Å². The molecule has 0 fully saturated rings. The number of aromatic nitrogens is 4. The summed E-state index contributed by atoms with van der Waals surface area (Å²) in [5.74, 6) is 0.847. The fraction of sp³-hybridized carbons (Fsp3) is 0.455. The lowest BCUT2D eigenvalue weighted by Crippen LogP contribution is -1.99. The first-order valence-corrected chi connectivity index (χ1v) is 5.39. The van der Waals surface area contributed by atoms with Gasteiger partial charge in [0.1, 0.15) is 0 Å². The third-order valence-electron chi connectivity index (χ3n) is 2.48. The van der Waals surface area contributed by atoms with E-state index in [-0.39, 0.29) is 0 Å². The van der Waals surface area contributed by atoms with Gasteiger partial charge in [-0.3, -0.25) is 4.68 Å². The van der Waals surface area contributed by atoms with Gasteiger partial charge in [0, 0.05) is 26.5 Å². The second-order valence-corrected chi connectivity index (χ2v) is 3.96. The van der Waals surface area contributed by atoms with Crippen LogP contribution in [-0.4, -0.2) is 19.3 Å². The van der Waals surface area contributed by atoms with Gasteiger partial charge in [-0.1, -0.05) is 6.92 Å². The number of anilines is 2. The number of imidazole rings is 1. The zero-order valence-corrected chi connectivity index (χ0v) is 10.2. The Kier molecular flexibility index (Phi) is 2.68. The Balaban J connectivity index is 2.29. The van der Waals surface area contributed by atoms with Crippen molar-refractivity contribution in [1.82, 2.24) is 19.3 Å². The Bertz CT molecular complexity index is 494. The van der Waals surface area contributed by atoms with Crippen LogP contribution in [0.5, 0.6) is 0 Å². The predicted molar refractivity (Wildman–Crippen MR) is 63.8 cm³/mol. The molecule has 0 aliphatic rings. The fourth-order valence-electron chi connectivity index (χ4n) is 1.75. The van der Waals surface area contributed by atoms with E-state index in [1.54, 1.807) is 0 Å². The average molecular weight is 219 g/mol. The van der Waals surface area contributed by atoms with Gasteiger partial charge in [0.2, 0.25) is 5.95 Å². The van der Waals surface area contributed by atoms with E-state index in [2.05, 4.69) is 22.3 Å². The predicted octanol–water partition coefficient (Wildman–Crippen LogP) is 1.77. The first kappa shape index (κ1) is 10.7. The molecule has 5 nitrogen and oxygen atoms in total. The van der Waals surface area contributed by atoms with E-state index in [4.69, 9.17) is 0 Å². The summed E-state index contributed by atoms with van der Waals surface area (Å²) >= 11 is 0. The zero-order valence-electron chi connectivity index (χ0n) is 10.2. The lowest BCUT2D eigenvalue weighted by atomic mass is 10.3. The Morgan fingerprint density at radius 3 is 2.62 bits per heavy atom. The molecule has 16 heavy (non-hydrogen) atoms. The standard InChI is InChI=1S/C11H17N5/c1-5-9-10(7-16(4)14-9)13-11-12-8(2)6-15(11)3/h6-7H,5H2,1-4H3,(H,12,13). The molecule has 0 aliphatic carbocycles. The molecule has 0 aromatic carbocycles. The third kappa shape index (κ3) is 1.93. The molecule has 5 heteroatoms. The van der Waals surface area contributed by atoms with Crippen molar-refractivity contribution in [2.24, 2.45) is 14.1 Å². The Morgan fingerprint density at radius 1 is 1.31 bits per heavy atom. The van der Waals surface area contributed by atoms with Crippen LogP contribution in [0.25, 0.3) is 0 Å². The number of aryl methyl sites for hydroxylation is 4. The molecule has 0 amide bonds. The van der Waals surface area contributed by atoms with Gasteiger partial charge >= 0.3 is 0 Å². The molecule has 0 unspecified atom stereocenters. The normalized spacial score (nSPS) is 10.8. The highest BCUT2D eigenvalue weighted by Gasteiger charge is 2.08. The van der Waals surface area contributed by atoms with Crippen molar-refractivity contribution < 1.29 is 0 Å². The molecule has 0 saturated carbocycles. The van der Waals surface area contributed by atoms with Crippen LogP contribution in [0, 0.1) is 6.92 Å². The summed E-state index contributed by atoms with van der Waals surface area (Å²) in [6.07, 6.45) is 4.87. The second-order valence-electron chi connectivity index (χ2n) is 3.96. The van der Waals surface area contributed by atoms with E-state index in [1.165, 1.54) is 0 Å². The Hall–Kier alpha value is -1.78. The molecule has 2 aromatic rings. The molecule has 2 heterocycles. The monoisotopic (exact) mass is 219 g/mol. The summed E-state index contributed by atoms with van der Waals surface area (Å²) in [6.45, 7) is 4.08. The first-order valence-electron chi connectivity index (χ1n) is 5.39. The van der Waals surface area contributed by atoms with E-state index in [0.717, 1.165) is 29.4 Å². The van der Waals surface area contributed by atoms with Crippen LogP contribution in [0.3, 0.4) is 0 Å². The van der Waals surface area contributed by atoms with Crippen molar-refractivity contribution in [2.75, 3.05) is 5.32 Å². The van der Waals surface area contributed by atoms with E-state index >= 15 is 0 Å². The van der Waals surface area contributed by atoms with Crippen LogP contribution >= 0.6 is 0 Å². The number of nitrogens with zero attached hydrogens (tertiary/aromatic N) is 4. The minimum Gasteiger partial charge on any atom is -0.323 e. The molecule has 2 rings (SSSR count). The Morgan fingerprint density at radius 2 is 2.06 bits per heavy atom. The van der Waals surface area contributed by atoms with Gasteiger partial charge < -0.3 is 9.88 Å². The zero-order chi connectivity index (χ0) is 11.7. The van der Waals surface area contributed by atoms with Gasteiger partial charge in [-0.2, -0.15) is 5.10 Å². The minimum atomic E-state index is 0.847. The van der Waals surface area contributed by atoms with Gasteiger partial charge in [-0.15, -0.1) is 0 Å². The third-order valence-corrected chi connectivity index (χ3v) is 2.48. The number of nitrogens with one attached hydrogen (secondary N) is 1. The molecular weight excluding hydrogens is 202 g/mol. The van der Waals surface area contributed by atoms with E-state index in [0.29, 0.717) is 0 Å².